The van der Waals surface area contributed by atoms with E-state index in [9.17, 15) is 30.7 Å². The molecule has 0 aliphatic heterocycles. The maximum absolute atomic E-state index is 12.6. The Bertz CT molecular complexity index is 2130. The van der Waals surface area contributed by atoms with Crippen molar-refractivity contribution in [2.45, 2.75) is 27.6 Å². The molecule has 0 aliphatic carbocycles. The van der Waals surface area contributed by atoms with Gasteiger partial charge in [-0.15, -0.1) is 29.1 Å². The summed E-state index contributed by atoms with van der Waals surface area (Å²) in [5.74, 6) is -1.64. The molecule has 26 heteroatoms. The molecule has 0 saturated heterocycles. The zero-order chi connectivity index (χ0) is 45.2. The maximum atomic E-state index is 12.6. The fourth-order valence-corrected chi connectivity index (χ4v) is 7.68. The minimum atomic E-state index is -4.64. The second-order valence-electron chi connectivity index (χ2n) is 10.5. The van der Waals surface area contributed by atoms with Crippen molar-refractivity contribution in [2.75, 3.05) is 0 Å². The summed E-state index contributed by atoms with van der Waals surface area (Å²) in [6.45, 7) is 4.10. The minimum absolute atomic E-state index is 0. The smallest absolute Gasteiger partial charge is 0.405 e. The molecule has 6 rings (SSSR count). The summed E-state index contributed by atoms with van der Waals surface area (Å²) in [7, 11) is 0. The molecule has 0 aromatic heterocycles. The van der Waals surface area contributed by atoms with E-state index in [1.807, 2.05) is 60.7 Å². The molecular weight excluding hydrogens is 2400 g/mol. The Hall–Kier alpha value is 8.51. The molecule has 0 bridgehead atoms. The Labute approximate surface area is 666 Å². The summed E-state index contributed by atoms with van der Waals surface area (Å²) < 4.78 is 98.2. The largest absolute Gasteiger partial charge is 0.573 e. The molecule has 0 amide bonds. The molecule has 6 radical (unpaired) electrons. The van der Waals surface area contributed by atoms with Gasteiger partial charge in [0.2, 0.25) is 0 Å². The van der Waals surface area contributed by atoms with Crippen LogP contribution < -0.4 is 4.74 Å². The molecule has 0 N–H and O–H groups in total. The molecule has 0 atom stereocenters. The van der Waals surface area contributed by atoms with Gasteiger partial charge < -0.3 is 16.9 Å². The van der Waals surface area contributed by atoms with E-state index in [2.05, 4.69) is 192 Å². The molecule has 1 nitrogen and oxygen atoms in total. The molecule has 6 aromatic carbocycles. The first-order valence-electron chi connectivity index (χ1n) is 15.2. The van der Waals surface area contributed by atoms with Crippen molar-refractivity contribution in [1.29, 1.82) is 0 Å². The van der Waals surface area contributed by atoms with Crippen molar-refractivity contribution in [3.05, 3.63) is 186 Å². The summed E-state index contributed by atoms with van der Waals surface area (Å²) in [6.07, 6.45) is -4.64. The van der Waals surface area contributed by atoms with Gasteiger partial charge in [0.25, 0.3) is 0 Å². The van der Waals surface area contributed by atoms with E-state index in [-0.39, 0.29) is 225 Å². The van der Waals surface area contributed by atoms with Crippen LogP contribution in [0.2, 0.25) is 0 Å². The fraction of sp³-hybridized carbons (Fsp3) is 0.100. The zero-order valence-corrected chi connectivity index (χ0v) is 72.2. The predicted octanol–water partition coefficient (Wildman–Crippen LogP) is 20.6. The molecule has 0 fully saturated rings. The monoisotopic (exact) mass is 2420 g/mol. The van der Waals surface area contributed by atoms with Gasteiger partial charge in [-0.25, -0.2) is 48.2 Å². The van der Waals surface area contributed by atoms with Crippen LogP contribution in [-0.4, -0.2) is 6.36 Å². The second kappa shape index (κ2) is 48.2. The van der Waals surface area contributed by atoms with Crippen molar-refractivity contribution < 1.29 is 232 Å². The summed E-state index contributed by atoms with van der Waals surface area (Å²) in [4.78, 5) is 0. The number of aryl methyl sites for hydroxylation is 2. The van der Waals surface area contributed by atoms with Crippen LogP contribution in [-0.2, 0) is 196 Å². The van der Waals surface area contributed by atoms with Crippen LogP contribution in [0.25, 0.3) is 0 Å². The topological polar surface area (TPSA) is 9.23 Å². The molecule has 0 saturated carbocycles. The number of hydrogen-bond acceptors (Lipinski definition) is 1. The Morgan fingerprint density at radius 2 is 0.848 bits per heavy atom. The van der Waals surface area contributed by atoms with E-state index in [1.54, 1.807) is 63.4 Å². The zero-order valence-electron chi connectivity index (χ0n) is 32.7. The van der Waals surface area contributed by atoms with Crippen molar-refractivity contribution in [2.24, 2.45) is 0 Å². The van der Waals surface area contributed by atoms with E-state index in [0.717, 1.165) is 17.0 Å². The predicted molar refractivity (Wildman–Crippen MR) is 302 cm³/mol. The van der Waals surface area contributed by atoms with Gasteiger partial charge in [-0.3, -0.25) is 11.1 Å². The average Bonchev–Trinajstić information content (AvgIpc) is 3.13. The van der Waals surface area contributed by atoms with Crippen molar-refractivity contribution in [3.8, 4) is 5.75 Å². The van der Waals surface area contributed by atoms with E-state index in [0.29, 0.717) is 20.6 Å². The summed E-state index contributed by atoms with van der Waals surface area (Å²) in [5, 5.41) is 0. The van der Waals surface area contributed by atoms with E-state index < -0.39 is 18.0 Å². The van der Waals surface area contributed by atoms with Crippen LogP contribution in [0, 0.1) is 70.7 Å². The maximum Gasteiger partial charge on any atom is 0.573 e. The van der Waals surface area contributed by atoms with E-state index in [4.69, 9.17) is 0 Å². The van der Waals surface area contributed by atoms with Gasteiger partial charge in [-0.1, -0.05) is 85.0 Å². The third-order valence-corrected chi connectivity index (χ3v) is 14.7. The van der Waals surface area contributed by atoms with Crippen LogP contribution in [0.15, 0.2) is 118 Å². The molecule has 0 aliphatic rings. The quantitative estimate of drug-likeness (QED) is 0.0524. The van der Waals surface area contributed by atoms with E-state index >= 15 is 0 Å². The third kappa shape index (κ3) is 41.5. The molecule has 0 spiro atoms. The summed E-state index contributed by atoms with van der Waals surface area (Å²) in [5.41, 5.74) is 2.37. The number of hydrogen-bond donors (Lipinski definition) is 0. The summed E-state index contributed by atoms with van der Waals surface area (Å²) >= 11 is 30.9. The van der Waals surface area contributed by atoms with Crippen LogP contribution in [0.3, 0.4) is 0 Å². The average molecular weight is 2430 g/mol. The minimum Gasteiger partial charge on any atom is -0.405 e. The van der Waals surface area contributed by atoms with Crippen molar-refractivity contribution in [1.82, 2.24) is 0 Å². The van der Waals surface area contributed by atoms with Crippen LogP contribution in [0.4, 0.5) is 30.7 Å². The first kappa shape index (κ1) is 88.3. The van der Waals surface area contributed by atoms with Gasteiger partial charge in [0.15, 0.2) is 0 Å². The fourth-order valence-electron chi connectivity index (χ4n) is 3.33. The Morgan fingerprint density at radius 1 is 0.455 bits per heavy atom. The number of ether oxygens (including phenoxy) is 1. The van der Waals surface area contributed by atoms with Gasteiger partial charge in [0.1, 0.15) is 29.0 Å². The van der Waals surface area contributed by atoms with Gasteiger partial charge >= 0.3 is 6.36 Å². The molecule has 0 unspecified atom stereocenters. The number of benzene rings is 6. The molecular formula is C40H25Br6F7I6OY6-2. The van der Waals surface area contributed by atoms with Crippen molar-refractivity contribution >= 4 is 231 Å². The van der Waals surface area contributed by atoms with Crippen molar-refractivity contribution in [3.63, 3.8) is 0 Å². The van der Waals surface area contributed by atoms with Crippen LogP contribution in [0.5, 0.6) is 5.75 Å². The molecule has 344 valence electrons. The molecule has 6 aromatic rings. The number of rotatable bonds is 1. The Kier molecular flexibility index (Phi) is 64.6. The summed E-state index contributed by atoms with van der Waals surface area (Å²) in [6, 6.07) is 31.3. The molecule has 66 heavy (non-hydrogen) atoms. The second-order valence-corrected chi connectivity index (χ2v) is 22.8. The van der Waals surface area contributed by atoms with Gasteiger partial charge in [0.05, 0.1) is 11.6 Å². The Morgan fingerprint density at radius 3 is 1.23 bits per heavy atom. The van der Waals surface area contributed by atoms with Gasteiger partial charge in [-0.2, -0.15) is 0 Å². The standard InChI is InChI=1S/C8H6BrI.C7H3BrF3IO.C6H2BrF2I.2C6H3BrFI.C6H4BrI.CH4.6Y/c1-5-3-7(9)4-6(2)8(5)10;8-4-1-2-5(12)6(3-4)13-7(9,10)11;7-3-1-4(8)6(10)5(9)2-3;7-4-1-2-6(9)5(8)3-4;7-5-2-1-4(9)3-6(5)8;7-5-1-3-6(8)4-2-5;;;;;;;/h1-2H3;1-3H;1-2H;2*1-3H;1-4H;1H4;;;;;;/q-2;;;;;;;;;;;;. The first-order valence-corrected chi connectivity index (χ1v) is 26.4. The molecule has 0 heterocycles. The van der Waals surface area contributed by atoms with Crippen LogP contribution in [0.1, 0.15) is 18.6 Å². The Balaban J connectivity index is -0.000000125. The first-order chi connectivity index (χ1) is 27.3. The SMILES string of the molecule is Brc1ccc(I)cc1.C.Cc1[c-]c(Br)[c-]c(C)c1I.FC(F)(F)Oc1cc(Br)ccc1I.Fc1cc(Br)cc(F)c1I.Fc1cc(Br)ccc1I.Fc1cc(I)ccc1Br.[Y].[Y].[Y].[Y].[Y].[Y]. The van der Waals surface area contributed by atoms with E-state index in [1.165, 1.54) is 54.7 Å². The normalized spacial score (nSPS) is 9.05. The third-order valence-electron chi connectivity index (χ3n) is 5.89. The number of alkyl halides is 3. The van der Waals surface area contributed by atoms with Gasteiger partial charge in [-0.05, 0) is 220 Å². The number of halogens is 19. The van der Waals surface area contributed by atoms with Crippen LogP contribution >= 0.6 is 231 Å². The van der Waals surface area contributed by atoms with Gasteiger partial charge in [0, 0.05) is 225 Å².